The van der Waals surface area contributed by atoms with Crippen molar-refractivity contribution in [3.63, 3.8) is 0 Å². The Morgan fingerprint density at radius 2 is 2.10 bits per heavy atom. The number of hydrogen-bond donors (Lipinski definition) is 1. The van der Waals surface area contributed by atoms with Crippen LogP contribution in [0.4, 0.5) is 4.39 Å². The largest absolute Gasteiger partial charge is 0.483 e. The molecule has 1 rings (SSSR count). The van der Waals surface area contributed by atoms with Crippen LogP contribution in [0.2, 0.25) is 0 Å². The van der Waals surface area contributed by atoms with Gasteiger partial charge >= 0.3 is 0 Å². The van der Waals surface area contributed by atoms with Gasteiger partial charge in [-0.2, -0.15) is 0 Å². The number of benzene rings is 1. The number of likely N-dealkylation sites (N-methyl/N-ethyl adjacent to an activating group) is 1. The van der Waals surface area contributed by atoms with E-state index in [0.29, 0.717) is 10.2 Å². The Balaban J connectivity index is 2.47. The van der Waals surface area contributed by atoms with Crippen molar-refractivity contribution in [2.45, 2.75) is 19.9 Å². The molecule has 0 spiro atoms. The van der Waals surface area contributed by atoms with Gasteiger partial charge in [-0.25, -0.2) is 4.39 Å². The van der Waals surface area contributed by atoms with Crippen molar-refractivity contribution < 1.29 is 18.7 Å². The van der Waals surface area contributed by atoms with E-state index in [2.05, 4.69) is 21.2 Å². The minimum Gasteiger partial charge on any atom is -0.483 e. The molecule has 0 atom stereocenters. The van der Waals surface area contributed by atoms with Crippen molar-refractivity contribution in [3.8, 4) is 5.75 Å². The predicted molar refractivity (Wildman–Crippen MR) is 80.5 cm³/mol. The van der Waals surface area contributed by atoms with E-state index < -0.39 is 5.82 Å². The van der Waals surface area contributed by atoms with Crippen LogP contribution in [0.5, 0.6) is 5.75 Å². The van der Waals surface area contributed by atoms with E-state index in [-0.39, 0.29) is 31.0 Å². The van der Waals surface area contributed by atoms with Crippen LogP contribution in [0.25, 0.3) is 0 Å². The zero-order valence-electron chi connectivity index (χ0n) is 12.2. The quantitative estimate of drug-likeness (QED) is 0.843. The highest BCUT2D eigenvalue weighted by Crippen LogP contribution is 2.25. The highest BCUT2D eigenvalue weighted by Gasteiger charge is 2.14. The SMILES string of the molecule is CC(C)NC(=O)CN(C)C(=O)COc1ccc(F)cc1Br. The third kappa shape index (κ3) is 6.12. The van der Waals surface area contributed by atoms with Crippen LogP contribution in [-0.2, 0) is 9.59 Å². The maximum absolute atomic E-state index is 12.9. The summed E-state index contributed by atoms with van der Waals surface area (Å²) in [5, 5.41) is 2.69. The lowest BCUT2D eigenvalue weighted by atomic mass is 10.3. The first-order chi connectivity index (χ1) is 9.79. The van der Waals surface area contributed by atoms with Gasteiger partial charge in [0.15, 0.2) is 6.61 Å². The van der Waals surface area contributed by atoms with Crippen LogP contribution < -0.4 is 10.1 Å². The Kier molecular flexibility index (Phi) is 6.61. The van der Waals surface area contributed by atoms with Gasteiger partial charge in [-0.3, -0.25) is 9.59 Å². The van der Waals surface area contributed by atoms with E-state index >= 15 is 0 Å². The molecule has 0 aromatic heterocycles. The Morgan fingerprint density at radius 3 is 2.67 bits per heavy atom. The molecule has 5 nitrogen and oxygen atoms in total. The van der Waals surface area contributed by atoms with Gasteiger partial charge in [0.05, 0.1) is 11.0 Å². The van der Waals surface area contributed by atoms with Crippen LogP contribution in [-0.4, -0.2) is 43.0 Å². The third-order valence-corrected chi connectivity index (χ3v) is 3.12. The molecule has 0 aliphatic rings. The number of nitrogens with one attached hydrogen (secondary N) is 1. The van der Waals surface area contributed by atoms with Gasteiger partial charge in [-0.1, -0.05) is 0 Å². The number of amides is 2. The molecule has 0 saturated heterocycles. The fourth-order valence-electron chi connectivity index (χ4n) is 1.51. The topological polar surface area (TPSA) is 58.6 Å². The fraction of sp³-hybridized carbons (Fsp3) is 0.429. The van der Waals surface area contributed by atoms with Gasteiger partial charge in [0.25, 0.3) is 5.91 Å². The highest BCUT2D eigenvalue weighted by molar-refractivity contribution is 9.10. The summed E-state index contributed by atoms with van der Waals surface area (Å²) in [4.78, 5) is 24.7. The molecule has 21 heavy (non-hydrogen) atoms. The number of rotatable bonds is 6. The summed E-state index contributed by atoms with van der Waals surface area (Å²) in [6, 6.07) is 3.94. The molecule has 0 unspecified atom stereocenters. The fourth-order valence-corrected chi connectivity index (χ4v) is 1.98. The minimum atomic E-state index is -0.400. The van der Waals surface area contributed by atoms with E-state index in [1.807, 2.05) is 13.8 Å². The van der Waals surface area contributed by atoms with Gasteiger partial charge in [-0.05, 0) is 48.0 Å². The monoisotopic (exact) mass is 360 g/mol. The zero-order valence-corrected chi connectivity index (χ0v) is 13.7. The second-order valence-corrected chi connectivity index (χ2v) is 5.69. The summed E-state index contributed by atoms with van der Waals surface area (Å²) in [6.45, 7) is 3.42. The molecule has 0 radical (unpaired) electrons. The Labute approximate surface area is 131 Å². The molecule has 1 N–H and O–H groups in total. The Hall–Kier alpha value is -1.63. The molecule has 1 aromatic rings. The first-order valence-electron chi connectivity index (χ1n) is 6.40. The molecule has 0 fully saturated rings. The summed E-state index contributed by atoms with van der Waals surface area (Å²) in [5.41, 5.74) is 0. The molecule has 0 heterocycles. The highest BCUT2D eigenvalue weighted by atomic mass is 79.9. The van der Waals surface area contributed by atoms with Crippen molar-refractivity contribution in [3.05, 3.63) is 28.5 Å². The molecule has 116 valence electrons. The number of halogens is 2. The van der Waals surface area contributed by atoms with Crippen LogP contribution >= 0.6 is 15.9 Å². The lowest BCUT2D eigenvalue weighted by Crippen LogP contribution is -2.42. The predicted octanol–water partition coefficient (Wildman–Crippen LogP) is 1.95. The molecule has 0 aliphatic carbocycles. The first-order valence-corrected chi connectivity index (χ1v) is 7.20. The Morgan fingerprint density at radius 1 is 1.43 bits per heavy atom. The third-order valence-electron chi connectivity index (χ3n) is 2.50. The van der Waals surface area contributed by atoms with Crippen LogP contribution in [0.3, 0.4) is 0 Å². The van der Waals surface area contributed by atoms with E-state index in [1.165, 1.54) is 30.1 Å². The van der Waals surface area contributed by atoms with E-state index in [9.17, 15) is 14.0 Å². The van der Waals surface area contributed by atoms with Crippen LogP contribution in [0.1, 0.15) is 13.8 Å². The molecule has 0 bridgehead atoms. The standard InChI is InChI=1S/C14H18BrFN2O3/c1-9(2)17-13(19)7-18(3)14(20)8-21-12-5-4-10(16)6-11(12)15/h4-6,9H,7-8H2,1-3H3,(H,17,19). The summed E-state index contributed by atoms with van der Waals surface area (Å²) < 4.78 is 18.6. The second-order valence-electron chi connectivity index (χ2n) is 4.84. The number of nitrogens with zero attached hydrogens (tertiary/aromatic N) is 1. The molecule has 0 saturated carbocycles. The lowest BCUT2D eigenvalue weighted by Gasteiger charge is -2.18. The van der Waals surface area contributed by atoms with Crippen molar-refractivity contribution in [2.75, 3.05) is 20.2 Å². The first kappa shape index (κ1) is 17.4. The molecule has 0 aliphatic heterocycles. The average Bonchev–Trinajstić information content (AvgIpc) is 2.36. The van der Waals surface area contributed by atoms with Crippen molar-refractivity contribution in [2.24, 2.45) is 0 Å². The summed E-state index contributed by atoms with van der Waals surface area (Å²) >= 11 is 3.15. The lowest BCUT2D eigenvalue weighted by molar-refractivity contribution is -0.136. The van der Waals surface area contributed by atoms with Crippen molar-refractivity contribution >= 4 is 27.7 Å². The van der Waals surface area contributed by atoms with Gasteiger partial charge < -0.3 is 15.0 Å². The number of ether oxygens (including phenoxy) is 1. The number of carbonyl (C=O) groups excluding carboxylic acids is 2. The number of hydrogen-bond acceptors (Lipinski definition) is 3. The zero-order chi connectivity index (χ0) is 16.0. The summed E-state index contributed by atoms with van der Waals surface area (Å²) in [6.07, 6.45) is 0. The molecule has 7 heteroatoms. The van der Waals surface area contributed by atoms with Gasteiger partial charge in [0.1, 0.15) is 11.6 Å². The molecule has 1 aromatic carbocycles. The molecular formula is C14H18BrFN2O3. The van der Waals surface area contributed by atoms with Crippen molar-refractivity contribution in [1.29, 1.82) is 0 Å². The average molecular weight is 361 g/mol. The molecular weight excluding hydrogens is 343 g/mol. The normalized spacial score (nSPS) is 10.4. The van der Waals surface area contributed by atoms with Gasteiger partial charge in [-0.15, -0.1) is 0 Å². The van der Waals surface area contributed by atoms with E-state index in [4.69, 9.17) is 4.74 Å². The van der Waals surface area contributed by atoms with Gasteiger partial charge in [0.2, 0.25) is 5.91 Å². The number of carbonyl (C=O) groups is 2. The van der Waals surface area contributed by atoms with Crippen LogP contribution in [0, 0.1) is 5.82 Å². The Bertz CT molecular complexity index is 523. The smallest absolute Gasteiger partial charge is 0.260 e. The minimum absolute atomic E-state index is 0.0208. The summed E-state index contributed by atoms with van der Waals surface area (Å²) in [5.74, 6) is -0.609. The van der Waals surface area contributed by atoms with E-state index in [0.717, 1.165) is 0 Å². The second kappa shape index (κ2) is 7.97. The molecule has 2 amide bonds. The maximum Gasteiger partial charge on any atom is 0.260 e. The van der Waals surface area contributed by atoms with Crippen LogP contribution in [0.15, 0.2) is 22.7 Å². The van der Waals surface area contributed by atoms with Crippen molar-refractivity contribution in [1.82, 2.24) is 10.2 Å². The maximum atomic E-state index is 12.9. The van der Waals surface area contributed by atoms with Gasteiger partial charge in [0, 0.05) is 13.1 Å². The van der Waals surface area contributed by atoms with E-state index in [1.54, 1.807) is 0 Å². The summed E-state index contributed by atoms with van der Waals surface area (Å²) in [7, 11) is 1.52.